The van der Waals surface area contributed by atoms with E-state index in [9.17, 15) is 14.9 Å². The number of hydrogen-bond donors (Lipinski definition) is 1. The number of anilines is 1. The van der Waals surface area contributed by atoms with Crippen LogP contribution in [0.15, 0.2) is 34.8 Å². The summed E-state index contributed by atoms with van der Waals surface area (Å²) < 4.78 is 2.07. The van der Waals surface area contributed by atoms with Gasteiger partial charge in [-0.2, -0.15) is 0 Å². The standard InChI is InChI=1S/C21H23N5O3S2/c1-13(2)25-20(15-11-30-18-10-6-3-7-14(15)18)23-24-21(25)31-12-19(27)22-16-8-4-5-9-17(16)26(28)29/h4-5,8-9,11,13H,3,6-7,10,12H2,1-2H3,(H,22,27). The van der Waals surface area contributed by atoms with Crippen molar-refractivity contribution in [2.45, 2.75) is 50.7 Å². The van der Waals surface area contributed by atoms with Crippen molar-refractivity contribution in [3.05, 3.63) is 50.2 Å². The second-order valence-electron chi connectivity index (χ2n) is 7.64. The van der Waals surface area contributed by atoms with Gasteiger partial charge in [-0.15, -0.1) is 21.5 Å². The molecule has 8 nitrogen and oxygen atoms in total. The summed E-state index contributed by atoms with van der Waals surface area (Å²) in [5, 5.41) is 25.4. The van der Waals surface area contributed by atoms with E-state index in [1.54, 1.807) is 23.5 Å². The third-order valence-electron chi connectivity index (χ3n) is 5.19. The predicted octanol–water partition coefficient (Wildman–Crippen LogP) is 5.11. The van der Waals surface area contributed by atoms with Crippen LogP contribution in [0.1, 0.15) is 43.2 Å². The van der Waals surface area contributed by atoms with Crippen LogP contribution in [-0.4, -0.2) is 31.3 Å². The van der Waals surface area contributed by atoms with Crippen LogP contribution >= 0.6 is 23.1 Å². The fourth-order valence-electron chi connectivity index (χ4n) is 3.76. The first-order valence-corrected chi connectivity index (χ1v) is 12.0. The van der Waals surface area contributed by atoms with E-state index in [2.05, 4.69) is 39.3 Å². The van der Waals surface area contributed by atoms with Gasteiger partial charge in [0.2, 0.25) is 5.91 Å². The highest BCUT2D eigenvalue weighted by Gasteiger charge is 2.24. The van der Waals surface area contributed by atoms with Gasteiger partial charge in [-0.05, 0) is 51.2 Å². The lowest BCUT2D eigenvalue weighted by atomic mass is 9.95. The van der Waals surface area contributed by atoms with Crippen molar-refractivity contribution in [1.29, 1.82) is 0 Å². The van der Waals surface area contributed by atoms with Crippen LogP contribution in [0, 0.1) is 10.1 Å². The molecule has 1 aromatic carbocycles. The van der Waals surface area contributed by atoms with Crippen LogP contribution in [-0.2, 0) is 17.6 Å². The molecular formula is C21H23N5O3S2. The molecule has 0 aliphatic heterocycles. The van der Waals surface area contributed by atoms with Crippen molar-refractivity contribution in [3.63, 3.8) is 0 Å². The molecule has 0 radical (unpaired) electrons. The van der Waals surface area contributed by atoms with Gasteiger partial charge in [-0.3, -0.25) is 19.5 Å². The quantitative estimate of drug-likeness (QED) is 0.301. The molecule has 0 unspecified atom stereocenters. The number of aryl methyl sites for hydroxylation is 1. The Kier molecular flexibility index (Phi) is 6.38. The van der Waals surface area contributed by atoms with Crippen molar-refractivity contribution < 1.29 is 9.72 Å². The van der Waals surface area contributed by atoms with Gasteiger partial charge in [-0.1, -0.05) is 23.9 Å². The molecule has 0 spiro atoms. The number of fused-ring (bicyclic) bond motifs is 1. The van der Waals surface area contributed by atoms with E-state index in [1.165, 1.54) is 47.2 Å². The number of nitrogens with one attached hydrogen (secondary N) is 1. The Morgan fingerprint density at radius 1 is 1.29 bits per heavy atom. The molecule has 2 aromatic heterocycles. The zero-order valence-corrected chi connectivity index (χ0v) is 19.0. The Labute approximate surface area is 188 Å². The zero-order chi connectivity index (χ0) is 22.0. The van der Waals surface area contributed by atoms with Crippen molar-refractivity contribution in [1.82, 2.24) is 14.8 Å². The van der Waals surface area contributed by atoms with E-state index in [-0.39, 0.29) is 29.1 Å². The van der Waals surface area contributed by atoms with Crippen molar-refractivity contribution in [3.8, 4) is 11.4 Å². The highest BCUT2D eigenvalue weighted by Crippen LogP contribution is 2.38. The molecule has 1 aliphatic carbocycles. The highest BCUT2D eigenvalue weighted by molar-refractivity contribution is 7.99. The molecule has 4 rings (SSSR count). The minimum Gasteiger partial charge on any atom is -0.320 e. The lowest BCUT2D eigenvalue weighted by Gasteiger charge is -2.16. The van der Waals surface area contributed by atoms with E-state index < -0.39 is 4.92 Å². The molecule has 31 heavy (non-hydrogen) atoms. The first-order chi connectivity index (χ1) is 15.0. The first-order valence-electron chi connectivity index (χ1n) is 10.2. The number of carbonyl (C=O) groups is 1. The zero-order valence-electron chi connectivity index (χ0n) is 17.3. The molecule has 0 fully saturated rings. The maximum atomic E-state index is 12.5. The molecule has 0 bridgehead atoms. The molecule has 3 aromatic rings. The van der Waals surface area contributed by atoms with E-state index in [0.29, 0.717) is 5.16 Å². The normalized spacial score (nSPS) is 13.3. The average molecular weight is 458 g/mol. The van der Waals surface area contributed by atoms with Gasteiger partial charge in [0, 0.05) is 27.9 Å². The van der Waals surface area contributed by atoms with Gasteiger partial charge >= 0.3 is 0 Å². The Morgan fingerprint density at radius 2 is 2.06 bits per heavy atom. The van der Waals surface area contributed by atoms with Crippen molar-refractivity contribution in [2.75, 3.05) is 11.1 Å². The fraction of sp³-hybridized carbons (Fsp3) is 0.381. The molecule has 0 saturated heterocycles. The van der Waals surface area contributed by atoms with Crippen LogP contribution in [0.5, 0.6) is 0 Å². The second-order valence-corrected chi connectivity index (χ2v) is 9.55. The molecule has 0 saturated carbocycles. The lowest BCUT2D eigenvalue weighted by Crippen LogP contribution is -2.16. The summed E-state index contributed by atoms with van der Waals surface area (Å²) in [4.78, 5) is 24.5. The highest BCUT2D eigenvalue weighted by atomic mass is 32.2. The first kappa shape index (κ1) is 21.5. The molecule has 10 heteroatoms. The number of rotatable bonds is 7. The van der Waals surface area contributed by atoms with Gasteiger partial charge in [0.1, 0.15) is 5.69 Å². The summed E-state index contributed by atoms with van der Waals surface area (Å²) in [5.74, 6) is 0.599. The topological polar surface area (TPSA) is 103 Å². The number of thiophene rings is 1. The van der Waals surface area contributed by atoms with Crippen LogP contribution in [0.4, 0.5) is 11.4 Å². The molecule has 162 valence electrons. The van der Waals surface area contributed by atoms with Gasteiger partial charge in [0.15, 0.2) is 11.0 Å². The van der Waals surface area contributed by atoms with Crippen molar-refractivity contribution in [2.24, 2.45) is 0 Å². The number of hydrogen-bond acceptors (Lipinski definition) is 7. The summed E-state index contributed by atoms with van der Waals surface area (Å²) in [7, 11) is 0. The third-order valence-corrected chi connectivity index (χ3v) is 7.22. The summed E-state index contributed by atoms with van der Waals surface area (Å²) in [6.45, 7) is 4.15. The Bertz CT molecular complexity index is 1120. The molecule has 1 amide bonds. The van der Waals surface area contributed by atoms with E-state index >= 15 is 0 Å². The van der Waals surface area contributed by atoms with Gasteiger partial charge in [0.05, 0.1) is 10.7 Å². The lowest BCUT2D eigenvalue weighted by molar-refractivity contribution is -0.383. The SMILES string of the molecule is CC(C)n1c(SCC(=O)Nc2ccccc2[N+](=O)[O-])nnc1-c1csc2c1CCCC2. The molecular weight excluding hydrogens is 434 g/mol. The molecule has 0 atom stereocenters. The van der Waals surface area contributed by atoms with Crippen molar-refractivity contribution >= 4 is 40.4 Å². The van der Waals surface area contributed by atoms with E-state index in [1.807, 2.05) is 0 Å². The van der Waals surface area contributed by atoms with Gasteiger partial charge in [-0.25, -0.2) is 0 Å². The van der Waals surface area contributed by atoms with Gasteiger partial charge < -0.3 is 5.32 Å². The Balaban J connectivity index is 1.52. The predicted molar refractivity (Wildman–Crippen MR) is 123 cm³/mol. The maximum Gasteiger partial charge on any atom is 0.292 e. The maximum absolute atomic E-state index is 12.5. The number of nitrogens with zero attached hydrogens (tertiary/aromatic N) is 4. The Morgan fingerprint density at radius 3 is 2.84 bits per heavy atom. The summed E-state index contributed by atoms with van der Waals surface area (Å²) in [6, 6.07) is 6.24. The molecule has 2 heterocycles. The second kappa shape index (κ2) is 9.19. The number of para-hydroxylation sites is 2. The van der Waals surface area contributed by atoms with E-state index in [0.717, 1.165) is 24.2 Å². The van der Waals surface area contributed by atoms with Crippen LogP contribution in [0.25, 0.3) is 11.4 Å². The number of nitro benzene ring substituents is 1. The average Bonchev–Trinajstić information content (AvgIpc) is 3.36. The monoisotopic (exact) mass is 457 g/mol. The van der Waals surface area contributed by atoms with Crippen LogP contribution < -0.4 is 5.32 Å². The molecule has 1 N–H and O–H groups in total. The number of benzene rings is 1. The largest absolute Gasteiger partial charge is 0.320 e. The van der Waals surface area contributed by atoms with Gasteiger partial charge in [0.25, 0.3) is 5.69 Å². The van der Waals surface area contributed by atoms with E-state index in [4.69, 9.17) is 0 Å². The number of nitro groups is 1. The minimum absolute atomic E-state index is 0.0820. The third kappa shape index (κ3) is 4.49. The summed E-state index contributed by atoms with van der Waals surface area (Å²) >= 11 is 3.08. The number of carbonyl (C=O) groups excluding carboxylic acids is 1. The van der Waals surface area contributed by atoms with Crippen LogP contribution in [0.2, 0.25) is 0 Å². The number of thioether (sulfide) groups is 1. The molecule has 1 aliphatic rings. The smallest absolute Gasteiger partial charge is 0.292 e. The number of amides is 1. The fourth-order valence-corrected chi connectivity index (χ4v) is 5.75. The number of aromatic nitrogens is 3. The summed E-state index contributed by atoms with van der Waals surface area (Å²) in [5.41, 5.74) is 2.60. The van der Waals surface area contributed by atoms with Crippen LogP contribution in [0.3, 0.4) is 0 Å². The minimum atomic E-state index is -0.508. The Hall–Kier alpha value is -2.72. The summed E-state index contributed by atoms with van der Waals surface area (Å²) in [6.07, 6.45) is 4.63.